The third kappa shape index (κ3) is 2.59. The maximum absolute atomic E-state index is 5.88. The first-order valence-corrected chi connectivity index (χ1v) is 5.78. The van der Waals surface area contributed by atoms with Gasteiger partial charge in [-0.2, -0.15) is 0 Å². The number of methoxy groups -OCH3 is 1. The average Bonchev–Trinajstić information content (AvgIpc) is 2.60. The van der Waals surface area contributed by atoms with Gasteiger partial charge in [0.25, 0.3) is 0 Å². The van der Waals surface area contributed by atoms with E-state index >= 15 is 0 Å². The van der Waals surface area contributed by atoms with Crippen molar-refractivity contribution in [1.29, 1.82) is 0 Å². The topological polar surface area (TPSA) is 34.1 Å². The van der Waals surface area contributed by atoms with Crippen molar-refractivity contribution in [2.75, 3.05) is 25.6 Å². The molecule has 1 aromatic carbocycles. The van der Waals surface area contributed by atoms with Crippen LogP contribution >= 0.6 is 22.9 Å². The van der Waals surface area contributed by atoms with Gasteiger partial charge in [-0.05, 0) is 18.2 Å². The molecule has 0 atom stereocenters. The summed E-state index contributed by atoms with van der Waals surface area (Å²) < 4.78 is 6.09. The molecule has 2 rings (SSSR count). The van der Waals surface area contributed by atoms with Crippen LogP contribution in [-0.2, 0) is 4.74 Å². The van der Waals surface area contributed by atoms with E-state index in [1.807, 2.05) is 18.2 Å². The largest absolute Gasteiger partial charge is 0.383 e. The number of aromatic nitrogens is 1. The van der Waals surface area contributed by atoms with Crippen LogP contribution in [0.3, 0.4) is 0 Å². The van der Waals surface area contributed by atoms with E-state index in [9.17, 15) is 0 Å². The van der Waals surface area contributed by atoms with Crippen LogP contribution < -0.4 is 5.32 Å². The van der Waals surface area contributed by atoms with Gasteiger partial charge in [0.2, 0.25) is 0 Å². The normalized spacial score (nSPS) is 10.8. The van der Waals surface area contributed by atoms with Gasteiger partial charge in [0.15, 0.2) is 5.13 Å². The summed E-state index contributed by atoms with van der Waals surface area (Å²) in [5.41, 5.74) is 0.937. The number of hydrogen-bond acceptors (Lipinski definition) is 4. The Bertz CT molecular complexity index is 458. The number of anilines is 1. The fourth-order valence-electron chi connectivity index (χ4n) is 1.24. The molecule has 0 bridgehead atoms. The minimum Gasteiger partial charge on any atom is -0.383 e. The van der Waals surface area contributed by atoms with E-state index in [1.165, 1.54) is 0 Å². The Hall–Kier alpha value is -0.840. The minimum atomic E-state index is 0.677. The molecule has 0 spiro atoms. The van der Waals surface area contributed by atoms with Crippen molar-refractivity contribution in [2.24, 2.45) is 0 Å². The number of halogens is 1. The Balaban J connectivity index is 2.16. The van der Waals surface area contributed by atoms with Gasteiger partial charge in [0.05, 0.1) is 16.8 Å². The highest BCUT2D eigenvalue weighted by atomic mass is 35.5. The monoisotopic (exact) mass is 242 g/mol. The lowest BCUT2D eigenvalue weighted by Gasteiger charge is -1.99. The van der Waals surface area contributed by atoms with E-state index in [4.69, 9.17) is 16.3 Å². The quantitative estimate of drug-likeness (QED) is 0.837. The number of nitrogens with one attached hydrogen (secondary N) is 1. The third-order valence-electron chi connectivity index (χ3n) is 1.93. The molecule has 0 aliphatic carbocycles. The Labute approximate surface area is 97.0 Å². The summed E-state index contributed by atoms with van der Waals surface area (Å²) in [7, 11) is 1.68. The molecule has 5 heteroatoms. The molecule has 0 saturated heterocycles. The number of ether oxygens (including phenoxy) is 1. The summed E-state index contributed by atoms with van der Waals surface area (Å²) in [6, 6.07) is 5.73. The SMILES string of the molecule is COCCNc1nc2cc(Cl)ccc2s1. The highest BCUT2D eigenvalue weighted by Gasteiger charge is 2.03. The Morgan fingerprint density at radius 2 is 2.40 bits per heavy atom. The molecule has 0 saturated carbocycles. The number of hydrogen-bond donors (Lipinski definition) is 1. The van der Waals surface area contributed by atoms with Crippen LogP contribution in [-0.4, -0.2) is 25.2 Å². The minimum absolute atomic E-state index is 0.677. The molecule has 0 unspecified atom stereocenters. The maximum Gasteiger partial charge on any atom is 0.183 e. The molecular formula is C10H11ClN2OS. The number of benzene rings is 1. The van der Waals surface area contributed by atoms with E-state index < -0.39 is 0 Å². The standard InChI is InChI=1S/C10H11ClN2OS/c1-14-5-4-12-10-13-8-6-7(11)2-3-9(8)15-10/h2-3,6H,4-5H2,1H3,(H,12,13). The first kappa shape index (κ1) is 10.7. The van der Waals surface area contributed by atoms with Gasteiger partial charge in [-0.15, -0.1) is 0 Å². The van der Waals surface area contributed by atoms with Gasteiger partial charge in [-0.25, -0.2) is 4.98 Å². The van der Waals surface area contributed by atoms with Crippen LogP contribution in [0.25, 0.3) is 10.2 Å². The molecule has 15 heavy (non-hydrogen) atoms. The molecule has 0 aliphatic heterocycles. The van der Waals surface area contributed by atoms with E-state index in [0.29, 0.717) is 6.61 Å². The second kappa shape index (κ2) is 4.79. The molecule has 0 radical (unpaired) electrons. The van der Waals surface area contributed by atoms with Crippen molar-refractivity contribution < 1.29 is 4.74 Å². The van der Waals surface area contributed by atoms with Crippen LogP contribution in [0, 0.1) is 0 Å². The first-order chi connectivity index (χ1) is 7.29. The van der Waals surface area contributed by atoms with E-state index in [0.717, 1.165) is 26.9 Å². The van der Waals surface area contributed by atoms with E-state index in [-0.39, 0.29) is 0 Å². The smallest absolute Gasteiger partial charge is 0.183 e. The molecular weight excluding hydrogens is 232 g/mol. The van der Waals surface area contributed by atoms with Gasteiger partial charge in [-0.1, -0.05) is 22.9 Å². The Morgan fingerprint density at radius 3 is 3.20 bits per heavy atom. The van der Waals surface area contributed by atoms with Crippen molar-refractivity contribution in [1.82, 2.24) is 4.98 Å². The van der Waals surface area contributed by atoms with Crippen molar-refractivity contribution in [3.63, 3.8) is 0 Å². The molecule has 3 nitrogen and oxygen atoms in total. The summed E-state index contributed by atoms with van der Waals surface area (Å²) in [5.74, 6) is 0. The van der Waals surface area contributed by atoms with E-state index in [2.05, 4.69) is 10.3 Å². The van der Waals surface area contributed by atoms with Gasteiger partial charge < -0.3 is 10.1 Å². The fraction of sp³-hybridized carbons (Fsp3) is 0.300. The number of thiazole rings is 1. The second-order valence-corrected chi connectivity index (χ2v) is 4.52. The second-order valence-electron chi connectivity index (χ2n) is 3.05. The Morgan fingerprint density at radius 1 is 1.53 bits per heavy atom. The van der Waals surface area contributed by atoms with Gasteiger partial charge in [0, 0.05) is 18.7 Å². The predicted molar refractivity (Wildman–Crippen MR) is 65.0 cm³/mol. The zero-order chi connectivity index (χ0) is 10.7. The van der Waals surface area contributed by atoms with Gasteiger partial charge in [0.1, 0.15) is 0 Å². The fourth-order valence-corrected chi connectivity index (χ4v) is 2.27. The molecule has 0 aliphatic rings. The summed E-state index contributed by atoms with van der Waals surface area (Å²) in [4.78, 5) is 4.41. The zero-order valence-electron chi connectivity index (χ0n) is 8.29. The van der Waals surface area contributed by atoms with Crippen molar-refractivity contribution in [3.05, 3.63) is 23.2 Å². The van der Waals surface area contributed by atoms with Gasteiger partial charge >= 0.3 is 0 Å². The van der Waals surface area contributed by atoms with Gasteiger partial charge in [-0.3, -0.25) is 0 Å². The highest BCUT2D eigenvalue weighted by Crippen LogP contribution is 2.27. The molecule has 2 aromatic rings. The summed E-state index contributed by atoms with van der Waals surface area (Å²) in [6.45, 7) is 1.45. The molecule has 1 N–H and O–H groups in total. The third-order valence-corrected chi connectivity index (χ3v) is 3.16. The molecule has 80 valence electrons. The van der Waals surface area contributed by atoms with Crippen LogP contribution in [0.5, 0.6) is 0 Å². The van der Waals surface area contributed by atoms with Crippen LogP contribution in [0.15, 0.2) is 18.2 Å². The van der Waals surface area contributed by atoms with Crippen LogP contribution in [0.1, 0.15) is 0 Å². The average molecular weight is 243 g/mol. The molecule has 0 fully saturated rings. The van der Waals surface area contributed by atoms with Crippen LogP contribution in [0.2, 0.25) is 5.02 Å². The van der Waals surface area contributed by atoms with E-state index in [1.54, 1.807) is 18.4 Å². The van der Waals surface area contributed by atoms with Crippen molar-refractivity contribution >= 4 is 38.3 Å². The number of fused-ring (bicyclic) bond motifs is 1. The molecule has 0 amide bonds. The van der Waals surface area contributed by atoms with Crippen molar-refractivity contribution in [2.45, 2.75) is 0 Å². The van der Waals surface area contributed by atoms with Crippen molar-refractivity contribution in [3.8, 4) is 0 Å². The molecule has 1 heterocycles. The summed E-state index contributed by atoms with van der Waals surface area (Å²) in [6.07, 6.45) is 0. The lowest BCUT2D eigenvalue weighted by atomic mass is 10.3. The zero-order valence-corrected chi connectivity index (χ0v) is 9.86. The maximum atomic E-state index is 5.88. The lowest BCUT2D eigenvalue weighted by Crippen LogP contribution is -2.06. The number of nitrogens with zero attached hydrogens (tertiary/aromatic N) is 1. The lowest BCUT2D eigenvalue weighted by molar-refractivity contribution is 0.211. The highest BCUT2D eigenvalue weighted by molar-refractivity contribution is 7.22. The predicted octanol–water partition coefficient (Wildman–Crippen LogP) is 3.01. The van der Waals surface area contributed by atoms with Crippen LogP contribution in [0.4, 0.5) is 5.13 Å². The summed E-state index contributed by atoms with van der Waals surface area (Å²) in [5, 5.41) is 4.82. The molecule has 1 aromatic heterocycles. The Kier molecular flexibility index (Phi) is 3.41. The number of rotatable bonds is 4. The first-order valence-electron chi connectivity index (χ1n) is 4.58. The summed E-state index contributed by atoms with van der Waals surface area (Å²) >= 11 is 7.50.